The van der Waals surface area contributed by atoms with Crippen molar-refractivity contribution in [2.24, 2.45) is 0 Å². The largest absolute Gasteiger partial charge is 0.478 e. The van der Waals surface area contributed by atoms with Crippen LogP contribution in [0, 0.1) is 5.82 Å². The number of rotatable bonds is 4. The second-order valence-corrected chi connectivity index (χ2v) is 7.19. The van der Waals surface area contributed by atoms with Crippen LogP contribution in [0.25, 0.3) is 0 Å². The predicted octanol–water partition coefficient (Wildman–Crippen LogP) is 3.11. The molecule has 0 aromatic heterocycles. The molecule has 8 heteroatoms. The molecule has 0 aliphatic heterocycles. The Morgan fingerprint density at radius 2 is 1.86 bits per heavy atom. The monoisotopic (exact) mass is 387 g/mol. The first-order chi connectivity index (χ1) is 10.2. The van der Waals surface area contributed by atoms with Crippen molar-refractivity contribution in [3.8, 4) is 0 Å². The molecule has 0 unspecified atom stereocenters. The van der Waals surface area contributed by atoms with Gasteiger partial charge in [0, 0.05) is 11.5 Å². The average Bonchev–Trinajstić information content (AvgIpc) is 2.47. The lowest BCUT2D eigenvalue weighted by Crippen LogP contribution is -2.27. The van der Waals surface area contributed by atoms with Gasteiger partial charge in [0.25, 0.3) is 10.0 Å². The Bertz CT molecular complexity index is 838. The Morgan fingerprint density at radius 1 is 1.23 bits per heavy atom. The lowest BCUT2D eigenvalue weighted by Gasteiger charge is -2.20. The third kappa shape index (κ3) is 2.97. The van der Waals surface area contributed by atoms with E-state index in [1.807, 2.05) is 0 Å². The van der Waals surface area contributed by atoms with Crippen LogP contribution in [0.2, 0.25) is 0 Å². The Hall–Kier alpha value is -1.93. The zero-order chi connectivity index (χ0) is 16.5. The van der Waals surface area contributed by atoms with Gasteiger partial charge >= 0.3 is 5.97 Å². The molecular formula is C14H11BrFNO4S. The second kappa shape index (κ2) is 6.05. The molecule has 0 radical (unpaired) electrons. The van der Waals surface area contributed by atoms with E-state index in [2.05, 4.69) is 15.9 Å². The summed E-state index contributed by atoms with van der Waals surface area (Å²) in [7, 11) is -2.87. The maximum atomic E-state index is 13.8. The van der Waals surface area contributed by atoms with E-state index in [0.29, 0.717) is 0 Å². The number of sulfonamides is 1. The fourth-order valence-electron chi connectivity index (χ4n) is 1.82. The molecule has 1 N–H and O–H groups in total. The third-order valence-corrected chi connectivity index (χ3v) is 5.48. The number of aromatic carboxylic acids is 1. The predicted molar refractivity (Wildman–Crippen MR) is 83.1 cm³/mol. The van der Waals surface area contributed by atoms with Gasteiger partial charge in [0.15, 0.2) is 0 Å². The third-order valence-electron chi connectivity index (χ3n) is 3.02. The van der Waals surface area contributed by atoms with Crippen molar-refractivity contribution in [2.45, 2.75) is 4.90 Å². The van der Waals surface area contributed by atoms with Gasteiger partial charge in [0.2, 0.25) is 0 Å². The van der Waals surface area contributed by atoms with Crippen LogP contribution in [0.4, 0.5) is 10.1 Å². The maximum Gasteiger partial charge on any atom is 0.336 e. The van der Waals surface area contributed by atoms with Gasteiger partial charge in [-0.2, -0.15) is 0 Å². The minimum atomic E-state index is -4.08. The first-order valence-corrected chi connectivity index (χ1v) is 8.24. The number of carboxylic acids is 1. The molecule has 0 saturated carbocycles. The van der Waals surface area contributed by atoms with Gasteiger partial charge in [-0.15, -0.1) is 0 Å². The molecule has 0 spiro atoms. The van der Waals surface area contributed by atoms with Crippen LogP contribution in [0.1, 0.15) is 10.4 Å². The van der Waals surface area contributed by atoms with E-state index in [-0.39, 0.29) is 20.6 Å². The summed E-state index contributed by atoms with van der Waals surface area (Å²) in [5.74, 6) is -1.96. The van der Waals surface area contributed by atoms with Crippen LogP contribution < -0.4 is 4.31 Å². The van der Waals surface area contributed by atoms with E-state index in [1.165, 1.54) is 37.4 Å². The van der Waals surface area contributed by atoms with Gasteiger partial charge < -0.3 is 5.11 Å². The van der Waals surface area contributed by atoms with Crippen LogP contribution in [0.5, 0.6) is 0 Å². The molecule has 0 aliphatic rings. The van der Waals surface area contributed by atoms with Crippen LogP contribution >= 0.6 is 15.9 Å². The van der Waals surface area contributed by atoms with Gasteiger partial charge in [-0.1, -0.05) is 12.1 Å². The average molecular weight is 388 g/mol. The molecule has 2 aromatic carbocycles. The van der Waals surface area contributed by atoms with Crippen molar-refractivity contribution in [1.29, 1.82) is 0 Å². The minimum absolute atomic E-state index is 0.123. The molecule has 2 rings (SSSR count). The summed E-state index contributed by atoms with van der Waals surface area (Å²) < 4.78 is 39.8. The van der Waals surface area contributed by atoms with E-state index in [0.717, 1.165) is 16.4 Å². The fourth-order valence-corrected chi connectivity index (χ4v) is 3.47. The molecule has 0 aliphatic carbocycles. The summed E-state index contributed by atoms with van der Waals surface area (Å²) in [4.78, 5) is 10.9. The number of hydrogen-bond acceptors (Lipinski definition) is 3. The number of para-hydroxylation sites is 1. The standard InChI is InChI=1S/C14H11BrFNO4S/c1-17(13-5-3-2-4-12(13)16)22(20,21)9-6-7-11(15)10(8-9)14(18)19/h2-8H,1H3,(H,18,19). The van der Waals surface area contributed by atoms with Crippen molar-refractivity contribution in [3.63, 3.8) is 0 Å². The number of anilines is 1. The minimum Gasteiger partial charge on any atom is -0.478 e. The second-order valence-electron chi connectivity index (χ2n) is 4.37. The highest BCUT2D eigenvalue weighted by molar-refractivity contribution is 9.10. The van der Waals surface area contributed by atoms with Crippen molar-refractivity contribution < 1.29 is 22.7 Å². The maximum absolute atomic E-state index is 13.8. The highest BCUT2D eigenvalue weighted by atomic mass is 79.9. The number of carbonyl (C=O) groups is 1. The van der Waals surface area contributed by atoms with E-state index < -0.39 is 21.8 Å². The quantitative estimate of drug-likeness (QED) is 0.874. The van der Waals surface area contributed by atoms with E-state index in [1.54, 1.807) is 0 Å². The summed E-state index contributed by atoms with van der Waals surface area (Å²) >= 11 is 3.04. The van der Waals surface area contributed by atoms with Gasteiger partial charge in [-0.3, -0.25) is 4.31 Å². The van der Waals surface area contributed by atoms with Crippen molar-refractivity contribution in [2.75, 3.05) is 11.4 Å². The number of nitrogens with zero attached hydrogens (tertiary/aromatic N) is 1. The van der Waals surface area contributed by atoms with Gasteiger partial charge in [0.05, 0.1) is 16.1 Å². The Balaban J connectivity index is 2.54. The van der Waals surface area contributed by atoms with Gasteiger partial charge in [0.1, 0.15) is 5.82 Å². The zero-order valence-corrected chi connectivity index (χ0v) is 13.7. The number of halogens is 2. The molecule has 22 heavy (non-hydrogen) atoms. The first-order valence-electron chi connectivity index (χ1n) is 6.01. The van der Waals surface area contributed by atoms with Crippen LogP contribution in [-0.2, 0) is 10.0 Å². The number of carboxylic acid groups (broad SMARTS) is 1. The summed E-state index contributed by atoms with van der Waals surface area (Å²) in [5, 5.41) is 9.06. The van der Waals surface area contributed by atoms with Gasteiger partial charge in [-0.05, 0) is 46.3 Å². The van der Waals surface area contributed by atoms with Crippen molar-refractivity contribution in [1.82, 2.24) is 0 Å². The first kappa shape index (κ1) is 16.4. The molecule has 0 atom stereocenters. The molecule has 0 amide bonds. The van der Waals surface area contributed by atoms with Crippen molar-refractivity contribution >= 4 is 37.6 Å². The summed E-state index contributed by atoms with van der Waals surface area (Å²) in [6, 6.07) is 9.03. The molecular weight excluding hydrogens is 377 g/mol. The smallest absolute Gasteiger partial charge is 0.336 e. The SMILES string of the molecule is CN(c1ccccc1F)S(=O)(=O)c1ccc(Br)c(C(=O)O)c1. The molecule has 5 nitrogen and oxygen atoms in total. The summed E-state index contributed by atoms with van der Waals surface area (Å²) in [5.41, 5.74) is -0.315. The lowest BCUT2D eigenvalue weighted by molar-refractivity contribution is 0.0695. The molecule has 2 aromatic rings. The van der Waals surface area contributed by atoms with Crippen LogP contribution in [-0.4, -0.2) is 26.5 Å². The van der Waals surface area contributed by atoms with Crippen molar-refractivity contribution in [3.05, 3.63) is 58.3 Å². The highest BCUT2D eigenvalue weighted by Gasteiger charge is 2.25. The molecule has 0 heterocycles. The summed E-state index contributed by atoms with van der Waals surface area (Å²) in [6.07, 6.45) is 0. The molecule has 0 fully saturated rings. The summed E-state index contributed by atoms with van der Waals surface area (Å²) in [6.45, 7) is 0. The zero-order valence-electron chi connectivity index (χ0n) is 11.3. The highest BCUT2D eigenvalue weighted by Crippen LogP contribution is 2.27. The van der Waals surface area contributed by atoms with Gasteiger partial charge in [-0.25, -0.2) is 17.6 Å². The topological polar surface area (TPSA) is 74.7 Å². The molecule has 0 saturated heterocycles. The lowest BCUT2D eigenvalue weighted by atomic mass is 10.2. The molecule has 0 bridgehead atoms. The Morgan fingerprint density at radius 3 is 2.45 bits per heavy atom. The number of benzene rings is 2. The Kier molecular flexibility index (Phi) is 4.52. The van der Waals surface area contributed by atoms with Crippen LogP contribution in [0.3, 0.4) is 0 Å². The van der Waals surface area contributed by atoms with E-state index in [9.17, 15) is 17.6 Å². The number of hydrogen-bond donors (Lipinski definition) is 1. The van der Waals surface area contributed by atoms with E-state index in [4.69, 9.17) is 5.11 Å². The van der Waals surface area contributed by atoms with E-state index >= 15 is 0 Å². The van der Waals surface area contributed by atoms with Crippen LogP contribution in [0.15, 0.2) is 51.8 Å². The Labute approximate surface area is 135 Å². The molecule has 116 valence electrons. The normalized spacial score (nSPS) is 11.2. The fraction of sp³-hybridized carbons (Fsp3) is 0.0714.